The Labute approximate surface area is 150 Å². The van der Waals surface area contributed by atoms with E-state index in [1.165, 1.54) is 16.7 Å². The molecule has 0 aliphatic heterocycles. The van der Waals surface area contributed by atoms with Crippen LogP contribution >= 0.6 is 11.3 Å². The lowest BCUT2D eigenvalue weighted by Gasteiger charge is -2.08. The molecule has 6 nitrogen and oxygen atoms in total. The molecule has 1 amide bonds. The highest BCUT2D eigenvalue weighted by Crippen LogP contribution is 2.24. The van der Waals surface area contributed by atoms with Crippen molar-refractivity contribution in [2.24, 2.45) is 0 Å². The van der Waals surface area contributed by atoms with E-state index in [9.17, 15) is 9.59 Å². The number of benzene rings is 1. The van der Waals surface area contributed by atoms with Crippen molar-refractivity contribution >= 4 is 23.2 Å². The predicted molar refractivity (Wildman–Crippen MR) is 96.7 cm³/mol. The van der Waals surface area contributed by atoms with Gasteiger partial charge in [-0.3, -0.25) is 4.79 Å². The molecule has 0 aliphatic rings. The van der Waals surface area contributed by atoms with Crippen molar-refractivity contribution < 1.29 is 19.4 Å². The van der Waals surface area contributed by atoms with Crippen molar-refractivity contribution in [2.45, 2.75) is 39.3 Å². The topological polar surface area (TPSA) is 88.5 Å². The Morgan fingerprint density at radius 3 is 2.84 bits per heavy atom. The molecule has 2 rings (SSSR count). The third-order valence-electron chi connectivity index (χ3n) is 3.39. The Balaban J connectivity index is 1.86. The van der Waals surface area contributed by atoms with Crippen LogP contribution in [-0.2, 0) is 16.1 Å². The first-order chi connectivity index (χ1) is 12.0. The summed E-state index contributed by atoms with van der Waals surface area (Å²) in [5.74, 6) is -1.05. The Hall–Kier alpha value is -2.25. The minimum absolute atomic E-state index is 0.0137. The molecule has 0 saturated heterocycles. The van der Waals surface area contributed by atoms with Crippen LogP contribution in [0.5, 0.6) is 0 Å². The molecule has 0 bridgehead atoms. The number of carboxylic acid groups (broad SMARTS) is 1. The van der Waals surface area contributed by atoms with E-state index >= 15 is 0 Å². The van der Waals surface area contributed by atoms with E-state index in [-0.39, 0.29) is 17.7 Å². The highest BCUT2D eigenvalue weighted by Gasteiger charge is 2.10. The molecule has 0 saturated carbocycles. The van der Waals surface area contributed by atoms with Crippen molar-refractivity contribution in [3.05, 3.63) is 40.9 Å². The number of carbonyl (C=O) groups is 2. The molecule has 0 radical (unpaired) electrons. The quantitative estimate of drug-likeness (QED) is 0.668. The molecule has 1 aromatic heterocycles. The van der Waals surface area contributed by atoms with Gasteiger partial charge >= 0.3 is 5.97 Å². The SMILES string of the molecule is CC(C)OCCCC(=O)NCc1cccc(-c2nc(C(=O)O)cs2)c1. The van der Waals surface area contributed by atoms with Gasteiger partial charge in [-0.1, -0.05) is 18.2 Å². The Kier molecular flexibility index (Phi) is 7.09. The van der Waals surface area contributed by atoms with E-state index < -0.39 is 5.97 Å². The van der Waals surface area contributed by atoms with Gasteiger partial charge in [0.1, 0.15) is 5.01 Å². The van der Waals surface area contributed by atoms with Crippen molar-refractivity contribution in [1.82, 2.24) is 10.3 Å². The number of aromatic carboxylic acids is 1. The molecule has 0 fully saturated rings. The molecule has 2 aromatic rings. The molecule has 1 aromatic carbocycles. The molecule has 0 unspecified atom stereocenters. The lowest BCUT2D eigenvalue weighted by atomic mass is 10.1. The zero-order chi connectivity index (χ0) is 18.2. The van der Waals surface area contributed by atoms with Gasteiger partial charge in [0.25, 0.3) is 0 Å². The average molecular weight is 362 g/mol. The second kappa shape index (κ2) is 9.29. The van der Waals surface area contributed by atoms with Gasteiger partial charge in [-0.15, -0.1) is 11.3 Å². The summed E-state index contributed by atoms with van der Waals surface area (Å²) in [6.45, 7) is 4.94. The second-order valence-electron chi connectivity index (χ2n) is 5.84. The first-order valence-corrected chi connectivity index (χ1v) is 9.00. The first kappa shape index (κ1) is 19.1. The van der Waals surface area contributed by atoms with E-state index in [1.54, 1.807) is 0 Å². The Bertz CT molecular complexity index is 727. The van der Waals surface area contributed by atoms with Gasteiger partial charge in [-0.25, -0.2) is 9.78 Å². The minimum Gasteiger partial charge on any atom is -0.476 e. The summed E-state index contributed by atoms with van der Waals surface area (Å²) in [6, 6.07) is 7.57. The number of rotatable bonds is 9. The predicted octanol–water partition coefficient (Wildman–Crippen LogP) is 3.33. The van der Waals surface area contributed by atoms with Gasteiger partial charge in [0.15, 0.2) is 5.69 Å². The van der Waals surface area contributed by atoms with Crippen molar-refractivity contribution in [3.8, 4) is 10.6 Å². The van der Waals surface area contributed by atoms with E-state index in [0.717, 1.165) is 11.1 Å². The number of nitrogens with zero attached hydrogens (tertiary/aromatic N) is 1. The third kappa shape index (κ3) is 6.28. The second-order valence-corrected chi connectivity index (χ2v) is 6.70. The normalized spacial score (nSPS) is 10.8. The molecular formula is C18H22N2O4S. The number of amides is 1. The number of carboxylic acids is 1. The van der Waals surface area contributed by atoms with Gasteiger partial charge in [-0.05, 0) is 31.9 Å². The van der Waals surface area contributed by atoms with E-state index in [0.29, 0.717) is 31.0 Å². The summed E-state index contributed by atoms with van der Waals surface area (Å²) >= 11 is 1.29. The maximum absolute atomic E-state index is 11.9. The minimum atomic E-state index is -1.03. The molecule has 2 N–H and O–H groups in total. The van der Waals surface area contributed by atoms with Crippen molar-refractivity contribution in [1.29, 1.82) is 0 Å². The number of hydrogen-bond donors (Lipinski definition) is 2. The Morgan fingerprint density at radius 2 is 2.16 bits per heavy atom. The van der Waals surface area contributed by atoms with Crippen LogP contribution in [0.4, 0.5) is 0 Å². The van der Waals surface area contributed by atoms with Crippen LogP contribution in [0.3, 0.4) is 0 Å². The fraction of sp³-hybridized carbons (Fsp3) is 0.389. The van der Waals surface area contributed by atoms with E-state index in [4.69, 9.17) is 9.84 Å². The van der Waals surface area contributed by atoms with Gasteiger partial charge < -0.3 is 15.2 Å². The lowest BCUT2D eigenvalue weighted by Crippen LogP contribution is -2.23. The highest BCUT2D eigenvalue weighted by atomic mass is 32.1. The summed E-state index contributed by atoms with van der Waals surface area (Å²) in [6.07, 6.45) is 1.31. The van der Waals surface area contributed by atoms with Crippen LogP contribution in [0.25, 0.3) is 10.6 Å². The van der Waals surface area contributed by atoms with E-state index in [1.807, 2.05) is 38.1 Å². The Morgan fingerprint density at radius 1 is 1.36 bits per heavy atom. The summed E-state index contributed by atoms with van der Waals surface area (Å²) in [5.41, 5.74) is 1.83. The van der Waals surface area contributed by atoms with E-state index in [2.05, 4.69) is 10.3 Å². The number of ether oxygens (including phenoxy) is 1. The van der Waals surface area contributed by atoms with Crippen LogP contribution in [0.2, 0.25) is 0 Å². The smallest absolute Gasteiger partial charge is 0.355 e. The zero-order valence-corrected chi connectivity index (χ0v) is 15.1. The number of thiazole rings is 1. The van der Waals surface area contributed by atoms with Crippen LogP contribution in [0.15, 0.2) is 29.6 Å². The third-order valence-corrected chi connectivity index (χ3v) is 4.28. The summed E-state index contributed by atoms with van der Waals surface area (Å²) < 4.78 is 5.41. The molecule has 0 aliphatic carbocycles. The fourth-order valence-electron chi connectivity index (χ4n) is 2.16. The molecule has 7 heteroatoms. The van der Waals surface area contributed by atoms with Gasteiger partial charge in [0.05, 0.1) is 6.10 Å². The lowest BCUT2D eigenvalue weighted by molar-refractivity contribution is -0.121. The maximum Gasteiger partial charge on any atom is 0.355 e. The number of aromatic nitrogens is 1. The van der Waals surface area contributed by atoms with Crippen molar-refractivity contribution in [2.75, 3.05) is 6.61 Å². The summed E-state index contributed by atoms with van der Waals surface area (Å²) in [7, 11) is 0. The summed E-state index contributed by atoms with van der Waals surface area (Å²) in [5, 5.41) is 14.0. The summed E-state index contributed by atoms with van der Waals surface area (Å²) in [4.78, 5) is 26.9. The largest absolute Gasteiger partial charge is 0.476 e. The zero-order valence-electron chi connectivity index (χ0n) is 14.3. The standard InChI is InChI=1S/C18H22N2O4S/c1-12(2)24-8-4-7-16(21)19-10-13-5-3-6-14(9-13)17-20-15(11-25-17)18(22)23/h3,5-6,9,11-12H,4,7-8,10H2,1-2H3,(H,19,21)(H,22,23). The number of nitrogens with one attached hydrogen (secondary N) is 1. The molecular weight excluding hydrogens is 340 g/mol. The van der Waals surface area contributed by atoms with Gasteiger partial charge in [0.2, 0.25) is 5.91 Å². The molecule has 0 spiro atoms. The van der Waals surface area contributed by atoms with Gasteiger partial charge in [0, 0.05) is 30.5 Å². The van der Waals surface area contributed by atoms with Crippen LogP contribution in [0, 0.1) is 0 Å². The van der Waals surface area contributed by atoms with Crippen LogP contribution in [0.1, 0.15) is 42.7 Å². The molecule has 134 valence electrons. The molecule has 1 heterocycles. The van der Waals surface area contributed by atoms with Crippen LogP contribution in [-0.4, -0.2) is 34.7 Å². The average Bonchev–Trinajstić information content (AvgIpc) is 3.07. The molecule has 25 heavy (non-hydrogen) atoms. The first-order valence-electron chi connectivity index (χ1n) is 8.12. The molecule has 0 atom stereocenters. The number of carbonyl (C=O) groups excluding carboxylic acids is 1. The van der Waals surface area contributed by atoms with Gasteiger partial charge in [-0.2, -0.15) is 0 Å². The highest BCUT2D eigenvalue weighted by molar-refractivity contribution is 7.13. The number of hydrogen-bond acceptors (Lipinski definition) is 5. The van der Waals surface area contributed by atoms with Crippen LogP contribution < -0.4 is 5.32 Å². The maximum atomic E-state index is 11.9. The van der Waals surface area contributed by atoms with Crippen molar-refractivity contribution in [3.63, 3.8) is 0 Å². The fourth-order valence-corrected chi connectivity index (χ4v) is 2.95. The monoisotopic (exact) mass is 362 g/mol.